The van der Waals surface area contributed by atoms with Gasteiger partial charge in [0.25, 0.3) is 0 Å². The van der Waals surface area contributed by atoms with Gasteiger partial charge in [-0.15, -0.1) is 0 Å². The van der Waals surface area contributed by atoms with Gasteiger partial charge in [-0.05, 0) is 0 Å². The van der Waals surface area contributed by atoms with Crippen molar-refractivity contribution >= 4 is 5.69 Å². The first kappa shape index (κ1) is 14.4. The molecule has 3 N–H and O–H groups in total. The predicted octanol–water partition coefficient (Wildman–Crippen LogP) is 0.477. The van der Waals surface area contributed by atoms with E-state index in [1.807, 2.05) is 0 Å². The van der Waals surface area contributed by atoms with Crippen molar-refractivity contribution in [1.82, 2.24) is 0 Å². The Labute approximate surface area is 106 Å². The van der Waals surface area contributed by atoms with Crippen LogP contribution in [0.15, 0.2) is 12.1 Å². The molecular formula is C12H19NO5. The molecule has 0 fully saturated rings. The van der Waals surface area contributed by atoms with Gasteiger partial charge in [-0.1, -0.05) is 0 Å². The van der Waals surface area contributed by atoms with Gasteiger partial charge in [0.05, 0.1) is 34.0 Å². The summed E-state index contributed by atoms with van der Waals surface area (Å²) in [6.45, 7) is -0.0629. The largest absolute Gasteiger partial charge is 0.493 e. The second kappa shape index (κ2) is 6.93. The van der Waals surface area contributed by atoms with Crippen LogP contribution in [0.1, 0.15) is 0 Å². The summed E-state index contributed by atoms with van der Waals surface area (Å²) in [5.41, 5.74) is 0.706. The molecule has 1 aromatic rings. The van der Waals surface area contributed by atoms with Gasteiger partial charge in [0, 0.05) is 24.4 Å². The van der Waals surface area contributed by atoms with Gasteiger partial charge in [-0.2, -0.15) is 0 Å². The summed E-state index contributed by atoms with van der Waals surface area (Å²) in [4.78, 5) is 0. The first-order valence-electron chi connectivity index (χ1n) is 5.49. The second-order valence-corrected chi connectivity index (χ2v) is 3.63. The van der Waals surface area contributed by atoms with Crippen LogP contribution in [0, 0.1) is 0 Å². The predicted molar refractivity (Wildman–Crippen MR) is 67.7 cm³/mol. The standard InChI is InChI=1S/C12H19NO5/c1-16-10-4-8(13-6-9(15)7-14)5-11(17-2)12(10)18-3/h4-5,9,13-15H,6-7H2,1-3H3/t9-/m1/s1. The number of benzene rings is 1. The van der Waals surface area contributed by atoms with Crippen LogP contribution in [0.4, 0.5) is 5.69 Å². The van der Waals surface area contributed by atoms with Crippen LogP contribution in [0.2, 0.25) is 0 Å². The van der Waals surface area contributed by atoms with Crippen LogP contribution in [0.3, 0.4) is 0 Å². The molecule has 0 aliphatic heterocycles. The number of aliphatic hydroxyl groups is 2. The average molecular weight is 257 g/mol. The van der Waals surface area contributed by atoms with Crippen LogP contribution in [0.5, 0.6) is 17.2 Å². The van der Waals surface area contributed by atoms with Crippen molar-refractivity contribution < 1.29 is 24.4 Å². The van der Waals surface area contributed by atoms with Crippen molar-refractivity contribution in [2.45, 2.75) is 6.10 Å². The lowest BCUT2D eigenvalue weighted by atomic mass is 10.2. The molecule has 0 spiro atoms. The number of nitrogens with one attached hydrogen (secondary N) is 1. The zero-order valence-corrected chi connectivity index (χ0v) is 10.8. The highest BCUT2D eigenvalue weighted by atomic mass is 16.5. The third kappa shape index (κ3) is 3.41. The fourth-order valence-corrected chi connectivity index (χ4v) is 1.48. The molecule has 1 rings (SSSR count). The molecule has 0 bridgehead atoms. The van der Waals surface area contributed by atoms with Gasteiger partial charge >= 0.3 is 0 Å². The number of rotatable bonds is 7. The van der Waals surface area contributed by atoms with Crippen LogP contribution in [-0.4, -0.2) is 50.8 Å². The second-order valence-electron chi connectivity index (χ2n) is 3.63. The van der Waals surface area contributed by atoms with E-state index in [2.05, 4.69) is 5.32 Å². The summed E-state index contributed by atoms with van der Waals surface area (Å²) in [7, 11) is 4.59. The van der Waals surface area contributed by atoms with Crippen molar-refractivity contribution in [1.29, 1.82) is 0 Å². The first-order valence-corrected chi connectivity index (χ1v) is 5.49. The molecule has 0 unspecified atom stereocenters. The Morgan fingerprint density at radius 1 is 1.11 bits per heavy atom. The summed E-state index contributed by atoms with van der Waals surface area (Å²) in [6, 6.07) is 3.46. The van der Waals surface area contributed by atoms with Crippen LogP contribution in [0.25, 0.3) is 0 Å². The molecular weight excluding hydrogens is 238 g/mol. The quantitative estimate of drug-likeness (QED) is 0.659. The number of hydrogen-bond acceptors (Lipinski definition) is 6. The zero-order chi connectivity index (χ0) is 13.5. The summed E-state index contributed by atoms with van der Waals surface area (Å²) < 4.78 is 15.6. The number of hydrogen-bond donors (Lipinski definition) is 3. The Hall–Kier alpha value is -1.66. The minimum Gasteiger partial charge on any atom is -0.493 e. The smallest absolute Gasteiger partial charge is 0.203 e. The third-order valence-corrected chi connectivity index (χ3v) is 2.42. The summed E-state index contributed by atoms with van der Waals surface area (Å²) >= 11 is 0. The molecule has 0 aliphatic carbocycles. The molecule has 1 aromatic carbocycles. The van der Waals surface area contributed by atoms with E-state index in [1.165, 1.54) is 21.3 Å². The van der Waals surface area contributed by atoms with E-state index in [0.717, 1.165) is 0 Å². The lowest BCUT2D eigenvalue weighted by Crippen LogP contribution is -2.22. The lowest BCUT2D eigenvalue weighted by Gasteiger charge is -2.16. The maximum Gasteiger partial charge on any atom is 0.203 e. The van der Waals surface area contributed by atoms with Crippen molar-refractivity contribution in [3.8, 4) is 17.2 Å². The minimum absolute atomic E-state index is 0.231. The van der Waals surface area contributed by atoms with Gasteiger partial charge in [0.2, 0.25) is 5.75 Å². The van der Waals surface area contributed by atoms with Gasteiger partial charge in [-0.25, -0.2) is 0 Å². The first-order chi connectivity index (χ1) is 8.65. The minimum atomic E-state index is -0.816. The fourth-order valence-electron chi connectivity index (χ4n) is 1.48. The van der Waals surface area contributed by atoms with Crippen molar-refractivity contribution in [2.24, 2.45) is 0 Å². The molecule has 0 saturated heterocycles. The molecule has 0 aliphatic rings. The van der Waals surface area contributed by atoms with Crippen molar-refractivity contribution in [2.75, 3.05) is 39.8 Å². The van der Waals surface area contributed by atoms with Crippen LogP contribution < -0.4 is 19.5 Å². The highest BCUT2D eigenvalue weighted by Gasteiger charge is 2.13. The van der Waals surface area contributed by atoms with Crippen molar-refractivity contribution in [3.63, 3.8) is 0 Å². The van der Waals surface area contributed by atoms with E-state index < -0.39 is 6.10 Å². The Bertz CT molecular complexity index is 358. The lowest BCUT2D eigenvalue weighted by molar-refractivity contribution is 0.105. The maximum absolute atomic E-state index is 9.27. The topological polar surface area (TPSA) is 80.2 Å². The van der Waals surface area contributed by atoms with Gasteiger partial charge in [0.15, 0.2) is 11.5 Å². The molecule has 18 heavy (non-hydrogen) atoms. The molecule has 0 saturated carbocycles. The van der Waals surface area contributed by atoms with Crippen LogP contribution >= 0.6 is 0 Å². The van der Waals surface area contributed by atoms with Crippen molar-refractivity contribution in [3.05, 3.63) is 12.1 Å². The monoisotopic (exact) mass is 257 g/mol. The average Bonchev–Trinajstić information content (AvgIpc) is 2.43. The number of methoxy groups -OCH3 is 3. The third-order valence-electron chi connectivity index (χ3n) is 2.42. The van der Waals surface area contributed by atoms with E-state index in [0.29, 0.717) is 22.9 Å². The SMILES string of the molecule is COc1cc(NC[C@@H](O)CO)cc(OC)c1OC. The molecule has 6 heteroatoms. The zero-order valence-electron chi connectivity index (χ0n) is 10.8. The van der Waals surface area contributed by atoms with Gasteiger partial charge in [-0.3, -0.25) is 0 Å². The molecule has 0 heterocycles. The van der Waals surface area contributed by atoms with E-state index >= 15 is 0 Å². The molecule has 102 valence electrons. The molecule has 1 atom stereocenters. The highest BCUT2D eigenvalue weighted by Crippen LogP contribution is 2.39. The molecule has 6 nitrogen and oxygen atoms in total. The highest BCUT2D eigenvalue weighted by molar-refractivity contribution is 5.62. The molecule has 0 radical (unpaired) electrons. The summed E-state index contributed by atoms with van der Waals surface area (Å²) in [5.74, 6) is 1.56. The Morgan fingerprint density at radius 2 is 1.67 bits per heavy atom. The van der Waals surface area contributed by atoms with Gasteiger partial charge in [0.1, 0.15) is 0 Å². The number of ether oxygens (including phenoxy) is 3. The van der Waals surface area contributed by atoms with E-state index in [1.54, 1.807) is 12.1 Å². The van der Waals surface area contributed by atoms with E-state index in [4.69, 9.17) is 19.3 Å². The molecule has 0 aromatic heterocycles. The van der Waals surface area contributed by atoms with Gasteiger partial charge < -0.3 is 29.7 Å². The number of aliphatic hydroxyl groups excluding tert-OH is 2. The van der Waals surface area contributed by atoms with E-state index in [9.17, 15) is 5.11 Å². The fraction of sp³-hybridized carbons (Fsp3) is 0.500. The maximum atomic E-state index is 9.27. The van der Waals surface area contributed by atoms with E-state index in [-0.39, 0.29) is 13.2 Å². The molecule has 0 amide bonds. The summed E-state index contributed by atoms with van der Waals surface area (Å²) in [5, 5.41) is 21.0. The Morgan fingerprint density at radius 3 is 2.06 bits per heavy atom. The Balaban J connectivity index is 2.93. The Kier molecular flexibility index (Phi) is 5.54. The van der Waals surface area contributed by atoms with Crippen LogP contribution in [-0.2, 0) is 0 Å². The number of anilines is 1. The normalized spacial score (nSPS) is 11.8. The summed E-state index contributed by atoms with van der Waals surface area (Å²) in [6.07, 6.45) is -0.816.